The van der Waals surface area contributed by atoms with Crippen LogP contribution in [0.2, 0.25) is 0 Å². The van der Waals surface area contributed by atoms with Gasteiger partial charge in [0.1, 0.15) is 0 Å². The third kappa shape index (κ3) is 1.51. The lowest BCUT2D eigenvalue weighted by Crippen LogP contribution is -1.84. The Bertz CT molecular complexity index is 203. The topological polar surface area (TPSA) is 12.0 Å². The molecule has 1 aromatic heterocycles. The second-order valence-electron chi connectivity index (χ2n) is 2.64. The first-order valence-corrected chi connectivity index (χ1v) is 4.38. The maximum absolute atomic E-state index is 3.11. The molecule has 0 radical (unpaired) electrons. The van der Waals surface area contributed by atoms with Gasteiger partial charge in [-0.15, -0.1) is 11.3 Å². The molecule has 10 heavy (non-hydrogen) atoms. The Morgan fingerprint density at radius 2 is 2.20 bits per heavy atom. The number of thiophene rings is 1. The molecule has 1 heterocycles. The molecule has 0 bridgehead atoms. The van der Waals surface area contributed by atoms with E-state index in [2.05, 4.69) is 30.6 Å². The number of anilines is 1. The Kier molecular flexibility index (Phi) is 2.33. The number of nitrogens with one attached hydrogen (secondary N) is 1. The van der Waals surface area contributed by atoms with E-state index < -0.39 is 0 Å². The predicted molar refractivity (Wildman–Crippen MR) is 48.0 cm³/mol. The molecule has 0 atom stereocenters. The molecule has 56 valence electrons. The quantitative estimate of drug-likeness (QED) is 0.692. The molecule has 0 unspecified atom stereocenters. The first kappa shape index (κ1) is 7.61. The smallest absolute Gasteiger partial charge is 0.0449 e. The van der Waals surface area contributed by atoms with Gasteiger partial charge in [0.25, 0.3) is 0 Å². The third-order valence-electron chi connectivity index (χ3n) is 1.48. The maximum Gasteiger partial charge on any atom is 0.0449 e. The lowest BCUT2D eigenvalue weighted by atomic mass is 10.2. The molecule has 2 heteroatoms. The van der Waals surface area contributed by atoms with Crippen LogP contribution in [0.1, 0.15) is 24.6 Å². The highest BCUT2D eigenvalue weighted by molar-refractivity contribution is 7.10. The Balaban J connectivity index is 2.78. The number of rotatable bonds is 2. The molecule has 0 aliphatic heterocycles. The van der Waals surface area contributed by atoms with Crippen LogP contribution in [0.15, 0.2) is 11.4 Å². The average Bonchev–Trinajstić information content (AvgIpc) is 2.34. The van der Waals surface area contributed by atoms with Gasteiger partial charge in [0, 0.05) is 23.0 Å². The molecule has 1 rings (SSSR count). The summed E-state index contributed by atoms with van der Waals surface area (Å²) < 4.78 is 0. The molecule has 1 nitrogen and oxygen atoms in total. The second kappa shape index (κ2) is 3.06. The van der Waals surface area contributed by atoms with Crippen LogP contribution < -0.4 is 5.32 Å². The van der Waals surface area contributed by atoms with Crippen molar-refractivity contribution in [3.8, 4) is 0 Å². The van der Waals surface area contributed by atoms with Crippen molar-refractivity contribution in [1.82, 2.24) is 0 Å². The van der Waals surface area contributed by atoms with Gasteiger partial charge in [-0.25, -0.2) is 0 Å². The predicted octanol–water partition coefficient (Wildman–Crippen LogP) is 2.91. The van der Waals surface area contributed by atoms with Gasteiger partial charge in [-0.3, -0.25) is 0 Å². The van der Waals surface area contributed by atoms with Crippen molar-refractivity contribution in [2.75, 3.05) is 12.4 Å². The summed E-state index contributed by atoms with van der Waals surface area (Å²) in [5.74, 6) is 0.659. The normalized spacial score (nSPS) is 10.4. The van der Waals surface area contributed by atoms with E-state index in [0.717, 1.165) is 0 Å². The molecule has 0 amide bonds. The van der Waals surface area contributed by atoms with Gasteiger partial charge < -0.3 is 5.32 Å². The summed E-state index contributed by atoms with van der Waals surface area (Å²) in [5.41, 5.74) is 1.23. The number of hydrogen-bond donors (Lipinski definition) is 1. The van der Waals surface area contributed by atoms with E-state index in [1.807, 2.05) is 18.4 Å². The molecule has 0 spiro atoms. The SMILES string of the molecule is CNc1csc(C(C)C)c1. The van der Waals surface area contributed by atoms with Crippen LogP contribution in [-0.4, -0.2) is 7.05 Å². The zero-order valence-electron chi connectivity index (χ0n) is 6.64. The van der Waals surface area contributed by atoms with Crippen LogP contribution in [0.4, 0.5) is 5.69 Å². The first-order valence-electron chi connectivity index (χ1n) is 3.50. The van der Waals surface area contributed by atoms with E-state index in [-0.39, 0.29) is 0 Å². The maximum atomic E-state index is 3.11. The van der Waals surface area contributed by atoms with Gasteiger partial charge in [0.05, 0.1) is 0 Å². The molecule has 0 aliphatic carbocycles. The molecule has 0 saturated heterocycles. The van der Waals surface area contributed by atoms with Crippen LogP contribution in [0, 0.1) is 0 Å². The van der Waals surface area contributed by atoms with Crippen molar-refractivity contribution in [3.63, 3.8) is 0 Å². The first-order chi connectivity index (χ1) is 4.74. The Hall–Kier alpha value is -0.500. The summed E-state index contributed by atoms with van der Waals surface area (Å²) in [5, 5.41) is 5.26. The lowest BCUT2D eigenvalue weighted by Gasteiger charge is -1.96. The standard InChI is InChI=1S/C8H13NS/c1-6(2)8-4-7(9-3)5-10-8/h4-6,9H,1-3H3. The molecule has 1 N–H and O–H groups in total. The van der Waals surface area contributed by atoms with Crippen molar-refractivity contribution < 1.29 is 0 Å². The van der Waals surface area contributed by atoms with Gasteiger partial charge in [0.2, 0.25) is 0 Å². The molecular weight excluding hydrogens is 142 g/mol. The molecule has 0 saturated carbocycles. The average molecular weight is 155 g/mol. The Morgan fingerprint density at radius 1 is 1.50 bits per heavy atom. The molecule has 0 aliphatic rings. The van der Waals surface area contributed by atoms with Crippen LogP contribution in [0.25, 0.3) is 0 Å². The Morgan fingerprint density at radius 3 is 2.50 bits per heavy atom. The van der Waals surface area contributed by atoms with E-state index in [4.69, 9.17) is 0 Å². The van der Waals surface area contributed by atoms with E-state index in [1.54, 1.807) is 0 Å². The van der Waals surface area contributed by atoms with Gasteiger partial charge >= 0.3 is 0 Å². The van der Waals surface area contributed by atoms with Crippen molar-refractivity contribution in [1.29, 1.82) is 0 Å². The minimum absolute atomic E-state index is 0.659. The monoisotopic (exact) mass is 155 g/mol. The van der Waals surface area contributed by atoms with Gasteiger partial charge in [-0.05, 0) is 12.0 Å². The zero-order chi connectivity index (χ0) is 7.56. The minimum atomic E-state index is 0.659. The second-order valence-corrected chi connectivity index (χ2v) is 3.59. The minimum Gasteiger partial charge on any atom is -0.387 e. The third-order valence-corrected chi connectivity index (χ3v) is 2.71. The highest BCUT2D eigenvalue weighted by atomic mass is 32.1. The molecular formula is C8H13NS. The highest BCUT2D eigenvalue weighted by Crippen LogP contribution is 2.25. The lowest BCUT2D eigenvalue weighted by molar-refractivity contribution is 0.890. The fourth-order valence-corrected chi connectivity index (χ4v) is 1.70. The van der Waals surface area contributed by atoms with E-state index in [1.165, 1.54) is 10.6 Å². The fourth-order valence-electron chi connectivity index (χ4n) is 0.787. The number of hydrogen-bond acceptors (Lipinski definition) is 2. The molecule has 0 aromatic carbocycles. The van der Waals surface area contributed by atoms with Crippen LogP contribution in [0.3, 0.4) is 0 Å². The largest absolute Gasteiger partial charge is 0.387 e. The van der Waals surface area contributed by atoms with E-state index in [0.29, 0.717) is 5.92 Å². The van der Waals surface area contributed by atoms with Crippen molar-refractivity contribution in [3.05, 3.63) is 16.3 Å². The molecule has 1 aromatic rings. The van der Waals surface area contributed by atoms with Gasteiger partial charge in [-0.2, -0.15) is 0 Å². The van der Waals surface area contributed by atoms with Gasteiger partial charge in [-0.1, -0.05) is 13.8 Å². The fraction of sp³-hybridized carbons (Fsp3) is 0.500. The summed E-state index contributed by atoms with van der Waals surface area (Å²) >= 11 is 1.82. The summed E-state index contributed by atoms with van der Waals surface area (Å²) in [6.07, 6.45) is 0. The van der Waals surface area contributed by atoms with Gasteiger partial charge in [0.15, 0.2) is 0 Å². The van der Waals surface area contributed by atoms with Crippen LogP contribution in [-0.2, 0) is 0 Å². The van der Waals surface area contributed by atoms with Crippen molar-refractivity contribution >= 4 is 17.0 Å². The van der Waals surface area contributed by atoms with Crippen molar-refractivity contribution in [2.24, 2.45) is 0 Å². The van der Waals surface area contributed by atoms with E-state index in [9.17, 15) is 0 Å². The summed E-state index contributed by atoms with van der Waals surface area (Å²) in [6, 6.07) is 2.20. The van der Waals surface area contributed by atoms with Crippen molar-refractivity contribution in [2.45, 2.75) is 19.8 Å². The summed E-state index contributed by atoms with van der Waals surface area (Å²) in [4.78, 5) is 1.45. The summed E-state index contributed by atoms with van der Waals surface area (Å²) in [6.45, 7) is 4.43. The summed E-state index contributed by atoms with van der Waals surface area (Å²) in [7, 11) is 1.95. The van der Waals surface area contributed by atoms with Crippen LogP contribution >= 0.6 is 11.3 Å². The molecule has 0 fully saturated rings. The Labute approximate surface area is 66.1 Å². The van der Waals surface area contributed by atoms with E-state index >= 15 is 0 Å². The zero-order valence-corrected chi connectivity index (χ0v) is 7.46. The van der Waals surface area contributed by atoms with Crippen LogP contribution in [0.5, 0.6) is 0 Å². The highest BCUT2D eigenvalue weighted by Gasteiger charge is 2.01.